The van der Waals surface area contributed by atoms with Gasteiger partial charge in [-0.3, -0.25) is 19.1 Å². The van der Waals surface area contributed by atoms with Crippen LogP contribution in [0.15, 0.2) is 24.8 Å². The lowest BCUT2D eigenvalue weighted by Gasteiger charge is -2.31. The summed E-state index contributed by atoms with van der Waals surface area (Å²) in [6.07, 6.45) is 6.15. The molecule has 4 rings (SSSR count). The number of rotatable bonds is 5. The van der Waals surface area contributed by atoms with Gasteiger partial charge in [0.2, 0.25) is 12.3 Å². The summed E-state index contributed by atoms with van der Waals surface area (Å²) in [6.45, 7) is 11.0. The third-order valence-corrected chi connectivity index (χ3v) is 5.63. The Balaban J connectivity index is 1.37. The van der Waals surface area contributed by atoms with Gasteiger partial charge in [0.1, 0.15) is 5.82 Å². The van der Waals surface area contributed by atoms with Gasteiger partial charge in [-0.25, -0.2) is 4.98 Å². The van der Waals surface area contributed by atoms with Crippen molar-refractivity contribution in [2.24, 2.45) is 17.8 Å². The molecule has 1 aliphatic carbocycles. The van der Waals surface area contributed by atoms with Gasteiger partial charge in [0.25, 0.3) is 0 Å². The standard InChI is InChI=1S/C20H29N5O3/c1-19(2,3)28-18(27)24-10-13-14(11-24)15(13)16(26)23-20(4,5)17-22-9-12-8-21-6-7-25(12)17/h6-9,13-15,18,27H,10-11H2,1-5H3,(H,23,26)/t13-,14+,15?,18?. The van der Waals surface area contributed by atoms with E-state index in [-0.39, 0.29) is 23.7 Å². The number of hydrogen-bond donors (Lipinski definition) is 2. The van der Waals surface area contributed by atoms with E-state index >= 15 is 0 Å². The molecule has 0 radical (unpaired) electrons. The average molecular weight is 387 g/mol. The molecule has 1 amide bonds. The van der Waals surface area contributed by atoms with Crippen LogP contribution in [0.3, 0.4) is 0 Å². The first kappa shape index (κ1) is 19.3. The summed E-state index contributed by atoms with van der Waals surface area (Å²) in [7, 11) is 0. The van der Waals surface area contributed by atoms with Gasteiger partial charge in [-0.05, 0) is 46.5 Å². The highest BCUT2D eigenvalue weighted by Gasteiger charge is 2.60. The molecule has 2 aromatic rings. The molecule has 2 N–H and O–H groups in total. The molecule has 2 fully saturated rings. The molecule has 0 spiro atoms. The van der Waals surface area contributed by atoms with Crippen LogP contribution in [0.25, 0.3) is 5.52 Å². The highest BCUT2D eigenvalue weighted by molar-refractivity contribution is 5.83. The van der Waals surface area contributed by atoms with Crippen molar-refractivity contribution >= 4 is 11.4 Å². The molecule has 4 atom stereocenters. The van der Waals surface area contributed by atoms with E-state index in [9.17, 15) is 9.90 Å². The first-order valence-corrected chi connectivity index (χ1v) is 9.76. The second-order valence-corrected chi connectivity index (χ2v) is 9.43. The van der Waals surface area contributed by atoms with Crippen LogP contribution in [0.1, 0.15) is 40.4 Å². The summed E-state index contributed by atoms with van der Waals surface area (Å²) >= 11 is 0. The second-order valence-electron chi connectivity index (χ2n) is 9.43. The van der Waals surface area contributed by atoms with Crippen LogP contribution in [-0.2, 0) is 15.1 Å². The highest BCUT2D eigenvalue weighted by Crippen LogP contribution is 2.52. The van der Waals surface area contributed by atoms with E-state index in [0.717, 1.165) is 11.3 Å². The zero-order chi connectivity index (χ0) is 20.3. The maximum Gasteiger partial charge on any atom is 0.224 e. The van der Waals surface area contributed by atoms with E-state index in [0.29, 0.717) is 13.1 Å². The number of carbonyl (C=O) groups excluding carboxylic acids is 1. The smallest absolute Gasteiger partial charge is 0.224 e. The topological polar surface area (TPSA) is 92.0 Å². The molecule has 8 nitrogen and oxygen atoms in total. The number of fused-ring (bicyclic) bond motifs is 2. The Bertz CT molecular complexity index is 875. The van der Waals surface area contributed by atoms with E-state index in [1.165, 1.54) is 0 Å². The Labute approximate surface area is 164 Å². The maximum atomic E-state index is 12.9. The Morgan fingerprint density at radius 3 is 2.57 bits per heavy atom. The third-order valence-electron chi connectivity index (χ3n) is 5.63. The minimum atomic E-state index is -0.919. The summed E-state index contributed by atoms with van der Waals surface area (Å²) < 4.78 is 7.57. The number of nitrogens with zero attached hydrogens (tertiary/aromatic N) is 4. The second kappa shape index (κ2) is 6.50. The van der Waals surface area contributed by atoms with Crippen molar-refractivity contribution in [2.75, 3.05) is 13.1 Å². The summed E-state index contributed by atoms with van der Waals surface area (Å²) in [6, 6.07) is 0. The monoisotopic (exact) mass is 387 g/mol. The third kappa shape index (κ3) is 3.52. The lowest BCUT2D eigenvalue weighted by atomic mass is 10.0. The quantitative estimate of drug-likeness (QED) is 0.753. The number of piperidine rings is 1. The van der Waals surface area contributed by atoms with Gasteiger partial charge in [-0.15, -0.1) is 0 Å². The number of imidazole rings is 1. The summed E-state index contributed by atoms with van der Waals surface area (Å²) in [5, 5.41) is 13.4. The van der Waals surface area contributed by atoms with E-state index < -0.39 is 17.6 Å². The van der Waals surface area contributed by atoms with E-state index in [1.54, 1.807) is 18.6 Å². The first-order valence-electron chi connectivity index (χ1n) is 9.76. The number of nitrogens with one attached hydrogen (secondary N) is 1. The maximum absolute atomic E-state index is 12.9. The van der Waals surface area contributed by atoms with Crippen molar-refractivity contribution in [2.45, 2.75) is 52.2 Å². The predicted molar refractivity (Wildman–Crippen MR) is 103 cm³/mol. The van der Waals surface area contributed by atoms with Crippen LogP contribution < -0.4 is 5.32 Å². The Morgan fingerprint density at radius 2 is 1.93 bits per heavy atom. The Kier molecular flexibility index (Phi) is 4.48. The Morgan fingerprint density at radius 1 is 1.25 bits per heavy atom. The normalized spacial score (nSPS) is 26.3. The van der Waals surface area contributed by atoms with Crippen LogP contribution in [0.2, 0.25) is 0 Å². The van der Waals surface area contributed by atoms with Crippen molar-refractivity contribution in [1.82, 2.24) is 24.6 Å². The van der Waals surface area contributed by atoms with Crippen LogP contribution in [-0.4, -0.2) is 55.4 Å². The number of carbonyl (C=O) groups is 1. The lowest BCUT2D eigenvalue weighted by molar-refractivity contribution is -0.236. The largest absolute Gasteiger partial charge is 0.356 e. The van der Waals surface area contributed by atoms with Crippen LogP contribution in [0, 0.1) is 17.8 Å². The van der Waals surface area contributed by atoms with Crippen molar-refractivity contribution < 1.29 is 14.6 Å². The fourth-order valence-corrected chi connectivity index (χ4v) is 4.28. The first-order chi connectivity index (χ1) is 13.1. The molecule has 2 aliphatic rings. The van der Waals surface area contributed by atoms with Crippen LogP contribution in [0.5, 0.6) is 0 Å². The molecular formula is C20H29N5O3. The molecule has 2 unspecified atom stereocenters. The summed E-state index contributed by atoms with van der Waals surface area (Å²) in [4.78, 5) is 23.4. The minimum absolute atomic E-state index is 0.00902. The molecule has 0 aromatic carbocycles. The Hall–Kier alpha value is -2.03. The molecular weight excluding hydrogens is 358 g/mol. The van der Waals surface area contributed by atoms with E-state index in [2.05, 4.69) is 15.3 Å². The van der Waals surface area contributed by atoms with Gasteiger partial charge in [0.05, 0.1) is 29.1 Å². The predicted octanol–water partition coefficient (Wildman–Crippen LogP) is 1.35. The summed E-state index contributed by atoms with van der Waals surface area (Å²) in [5.41, 5.74) is -0.113. The molecule has 8 heteroatoms. The molecule has 1 aliphatic heterocycles. The van der Waals surface area contributed by atoms with Gasteiger partial charge in [-0.1, -0.05) is 0 Å². The number of amides is 1. The molecule has 1 saturated heterocycles. The number of hydrogen-bond acceptors (Lipinski definition) is 6. The molecule has 2 aromatic heterocycles. The van der Waals surface area contributed by atoms with Crippen molar-refractivity contribution in [3.8, 4) is 0 Å². The molecule has 152 valence electrons. The number of ether oxygens (including phenoxy) is 1. The van der Waals surface area contributed by atoms with Gasteiger partial charge >= 0.3 is 0 Å². The van der Waals surface area contributed by atoms with Crippen LogP contribution >= 0.6 is 0 Å². The lowest BCUT2D eigenvalue weighted by Crippen LogP contribution is -2.46. The van der Waals surface area contributed by atoms with Gasteiger partial charge in [0.15, 0.2) is 0 Å². The van der Waals surface area contributed by atoms with E-state index in [4.69, 9.17) is 4.74 Å². The minimum Gasteiger partial charge on any atom is -0.356 e. The average Bonchev–Trinajstić information content (AvgIpc) is 2.96. The van der Waals surface area contributed by atoms with Crippen molar-refractivity contribution in [3.05, 3.63) is 30.6 Å². The van der Waals surface area contributed by atoms with Crippen LogP contribution in [0.4, 0.5) is 0 Å². The van der Waals surface area contributed by atoms with Crippen molar-refractivity contribution in [3.63, 3.8) is 0 Å². The fourth-order valence-electron chi connectivity index (χ4n) is 4.28. The summed E-state index contributed by atoms with van der Waals surface area (Å²) in [5.74, 6) is 1.37. The molecule has 1 saturated carbocycles. The highest BCUT2D eigenvalue weighted by atomic mass is 16.6. The van der Waals surface area contributed by atoms with Gasteiger partial charge in [-0.2, -0.15) is 0 Å². The zero-order valence-electron chi connectivity index (χ0n) is 17.1. The number of likely N-dealkylation sites (tertiary alicyclic amines) is 1. The van der Waals surface area contributed by atoms with Gasteiger partial charge in [0, 0.05) is 31.4 Å². The van der Waals surface area contributed by atoms with E-state index in [1.807, 2.05) is 50.1 Å². The van der Waals surface area contributed by atoms with Gasteiger partial charge < -0.3 is 15.2 Å². The fraction of sp³-hybridized carbons (Fsp3) is 0.650. The molecule has 0 bridgehead atoms. The zero-order valence-corrected chi connectivity index (χ0v) is 17.1. The number of aromatic nitrogens is 3. The molecule has 3 heterocycles. The van der Waals surface area contributed by atoms with Crippen molar-refractivity contribution in [1.29, 1.82) is 0 Å². The number of aliphatic hydroxyl groups is 1. The molecule has 28 heavy (non-hydrogen) atoms. The number of aliphatic hydroxyl groups excluding tert-OH is 1. The SMILES string of the molecule is CC(C)(C)OC(O)N1C[C@@H]2C(C(=O)NC(C)(C)c3ncc4cnccn34)[C@@H]2C1.